The molecule has 1 atom stereocenters. The monoisotopic (exact) mass is 283 g/mol. The van der Waals surface area contributed by atoms with E-state index in [1.165, 1.54) is 11.3 Å². The van der Waals surface area contributed by atoms with Crippen LogP contribution in [0, 0.1) is 5.92 Å². The molecule has 1 unspecified atom stereocenters. The molecule has 0 aliphatic rings. The third kappa shape index (κ3) is 5.40. The third-order valence-corrected chi connectivity index (χ3v) is 3.54. The average Bonchev–Trinajstić information content (AvgIpc) is 2.81. The van der Waals surface area contributed by atoms with E-state index in [4.69, 9.17) is 5.73 Å². The maximum absolute atomic E-state index is 11.7. The van der Waals surface area contributed by atoms with E-state index < -0.39 is 5.91 Å². The van der Waals surface area contributed by atoms with Crippen molar-refractivity contribution in [2.75, 3.05) is 6.54 Å². The van der Waals surface area contributed by atoms with Gasteiger partial charge in [0.05, 0.1) is 11.6 Å². The van der Waals surface area contributed by atoms with Crippen molar-refractivity contribution < 1.29 is 9.59 Å². The molecule has 0 fully saturated rings. The first-order chi connectivity index (χ1) is 8.90. The van der Waals surface area contributed by atoms with Crippen molar-refractivity contribution in [1.82, 2.24) is 10.6 Å². The summed E-state index contributed by atoms with van der Waals surface area (Å²) in [6, 6.07) is 1.48. The van der Waals surface area contributed by atoms with Crippen molar-refractivity contribution in [2.45, 2.75) is 33.4 Å². The number of rotatable bonds is 7. The van der Waals surface area contributed by atoms with Crippen molar-refractivity contribution in [3.8, 4) is 0 Å². The molecule has 0 radical (unpaired) electrons. The van der Waals surface area contributed by atoms with Crippen LogP contribution < -0.4 is 16.4 Å². The Morgan fingerprint density at radius 2 is 2.05 bits per heavy atom. The fourth-order valence-electron chi connectivity index (χ4n) is 1.41. The molecule has 4 N–H and O–H groups in total. The van der Waals surface area contributed by atoms with E-state index in [0.717, 1.165) is 4.88 Å². The molecule has 1 aromatic heterocycles. The Morgan fingerprint density at radius 1 is 1.37 bits per heavy atom. The number of primary amides is 1. The van der Waals surface area contributed by atoms with Gasteiger partial charge in [-0.2, -0.15) is 0 Å². The second-order valence-electron chi connectivity index (χ2n) is 4.91. The molecule has 5 nitrogen and oxygen atoms in total. The summed E-state index contributed by atoms with van der Waals surface area (Å²) in [6.07, 6.45) is 0. The van der Waals surface area contributed by atoms with E-state index in [1.54, 1.807) is 11.4 Å². The molecule has 0 aliphatic carbocycles. The maximum Gasteiger partial charge on any atom is 0.249 e. The molecule has 0 aliphatic heterocycles. The normalized spacial score (nSPS) is 12.4. The van der Waals surface area contributed by atoms with E-state index in [0.29, 0.717) is 24.6 Å². The van der Waals surface area contributed by atoms with Crippen molar-refractivity contribution in [3.05, 3.63) is 21.9 Å². The van der Waals surface area contributed by atoms with Crippen LogP contribution in [0.3, 0.4) is 0 Å². The zero-order valence-electron chi connectivity index (χ0n) is 11.5. The molecule has 0 aromatic carbocycles. The number of nitrogens with two attached hydrogens (primary N) is 1. The molecule has 6 heteroatoms. The highest BCUT2D eigenvalue weighted by Gasteiger charge is 2.13. The molecule has 0 spiro atoms. The van der Waals surface area contributed by atoms with Gasteiger partial charge in [0.2, 0.25) is 11.8 Å². The lowest BCUT2D eigenvalue weighted by atomic mass is 10.2. The SMILES string of the molecule is CC(C)CNC(=O)C(C)NCc1cc(C(N)=O)cs1. The molecular formula is C13H21N3O2S. The number of amides is 2. The van der Waals surface area contributed by atoms with Crippen LogP contribution >= 0.6 is 11.3 Å². The van der Waals surface area contributed by atoms with Gasteiger partial charge >= 0.3 is 0 Å². The van der Waals surface area contributed by atoms with Crippen LogP contribution in [-0.2, 0) is 11.3 Å². The smallest absolute Gasteiger partial charge is 0.249 e. The van der Waals surface area contributed by atoms with E-state index in [2.05, 4.69) is 24.5 Å². The predicted octanol–water partition coefficient (Wildman–Crippen LogP) is 1.10. The van der Waals surface area contributed by atoms with Crippen LogP contribution in [0.15, 0.2) is 11.4 Å². The minimum Gasteiger partial charge on any atom is -0.366 e. The van der Waals surface area contributed by atoms with Crippen molar-refractivity contribution in [3.63, 3.8) is 0 Å². The Kier molecular flexibility index (Phi) is 5.98. The van der Waals surface area contributed by atoms with Crippen LogP contribution in [0.4, 0.5) is 0 Å². The summed E-state index contributed by atoms with van der Waals surface area (Å²) < 4.78 is 0. The average molecular weight is 283 g/mol. The quantitative estimate of drug-likeness (QED) is 0.700. The summed E-state index contributed by atoms with van der Waals surface area (Å²) in [5.41, 5.74) is 5.70. The largest absolute Gasteiger partial charge is 0.366 e. The highest BCUT2D eigenvalue weighted by molar-refractivity contribution is 7.10. The zero-order valence-corrected chi connectivity index (χ0v) is 12.3. The molecular weight excluding hydrogens is 262 g/mol. The number of nitrogens with one attached hydrogen (secondary N) is 2. The molecule has 19 heavy (non-hydrogen) atoms. The number of carbonyl (C=O) groups is 2. The van der Waals surface area contributed by atoms with Crippen LogP contribution in [0.25, 0.3) is 0 Å². The Hall–Kier alpha value is -1.40. The summed E-state index contributed by atoms with van der Waals surface area (Å²) in [5.74, 6) is -0.00261. The van der Waals surface area contributed by atoms with Crippen molar-refractivity contribution >= 4 is 23.2 Å². The van der Waals surface area contributed by atoms with Gasteiger partial charge in [0.15, 0.2) is 0 Å². The van der Waals surface area contributed by atoms with E-state index in [9.17, 15) is 9.59 Å². The first-order valence-corrected chi connectivity index (χ1v) is 7.16. The van der Waals surface area contributed by atoms with E-state index >= 15 is 0 Å². The molecule has 106 valence electrons. The fourth-order valence-corrected chi connectivity index (χ4v) is 2.23. The van der Waals surface area contributed by atoms with Crippen LogP contribution in [-0.4, -0.2) is 24.4 Å². The maximum atomic E-state index is 11.7. The molecule has 1 rings (SSSR count). The van der Waals surface area contributed by atoms with Gasteiger partial charge in [-0.15, -0.1) is 11.3 Å². The van der Waals surface area contributed by atoms with E-state index in [-0.39, 0.29) is 11.9 Å². The summed E-state index contributed by atoms with van der Waals surface area (Å²) in [5, 5.41) is 7.72. The van der Waals surface area contributed by atoms with Gasteiger partial charge in [0, 0.05) is 23.3 Å². The predicted molar refractivity (Wildman–Crippen MR) is 77.0 cm³/mol. The van der Waals surface area contributed by atoms with E-state index in [1.807, 2.05) is 6.92 Å². The Balaban J connectivity index is 2.38. The summed E-state index contributed by atoms with van der Waals surface area (Å²) in [4.78, 5) is 23.7. The van der Waals surface area contributed by atoms with Crippen molar-refractivity contribution in [2.24, 2.45) is 11.7 Å². The van der Waals surface area contributed by atoms with Gasteiger partial charge in [-0.25, -0.2) is 0 Å². The molecule has 0 saturated heterocycles. The Bertz CT molecular complexity index is 443. The molecule has 2 amide bonds. The summed E-state index contributed by atoms with van der Waals surface area (Å²) in [7, 11) is 0. The van der Waals surface area contributed by atoms with Crippen LogP contribution in [0.5, 0.6) is 0 Å². The minimum atomic E-state index is -0.426. The van der Waals surface area contributed by atoms with Gasteiger partial charge in [-0.05, 0) is 18.9 Å². The number of thiophene rings is 1. The van der Waals surface area contributed by atoms with Gasteiger partial charge < -0.3 is 16.4 Å². The third-order valence-electron chi connectivity index (χ3n) is 2.60. The number of hydrogen-bond donors (Lipinski definition) is 3. The molecule has 0 bridgehead atoms. The Labute approximate surface area is 117 Å². The second kappa shape index (κ2) is 7.25. The molecule has 1 aromatic rings. The van der Waals surface area contributed by atoms with Crippen LogP contribution in [0.2, 0.25) is 0 Å². The Morgan fingerprint density at radius 3 is 2.58 bits per heavy atom. The topological polar surface area (TPSA) is 84.2 Å². The standard InChI is InChI=1S/C13H21N3O2S/c1-8(2)5-16-13(18)9(3)15-6-11-4-10(7-19-11)12(14)17/h4,7-9,15H,5-6H2,1-3H3,(H2,14,17)(H,16,18). The number of carbonyl (C=O) groups excluding carboxylic acids is 2. The van der Waals surface area contributed by atoms with Crippen molar-refractivity contribution in [1.29, 1.82) is 0 Å². The summed E-state index contributed by atoms with van der Waals surface area (Å²) >= 11 is 1.45. The first-order valence-electron chi connectivity index (χ1n) is 6.28. The van der Waals surface area contributed by atoms with Gasteiger partial charge in [-0.3, -0.25) is 9.59 Å². The van der Waals surface area contributed by atoms with Gasteiger partial charge in [-0.1, -0.05) is 13.8 Å². The van der Waals surface area contributed by atoms with Gasteiger partial charge in [0.1, 0.15) is 0 Å². The lowest BCUT2D eigenvalue weighted by molar-refractivity contribution is -0.122. The fraction of sp³-hybridized carbons (Fsp3) is 0.538. The minimum absolute atomic E-state index is 0.0135. The lowest BCUT2D eigenvalue weighted by Gasteiger charge is -2.14. The van der Waals surface area contributed by atoms with Gasteiger partial charge in [0.25, 0.3) is 0 Å². The highest BCUT2D eigenvalue weighted by Crippen LogP contribution is 2.14. The first kappa shape index (κ1) is 15.7. The lowest BCUT2D eigenvalue weighted by Crippen LogP contribution is -2.42. The highest BCUT2D eigenvalue weighted by atomic mass is 32.1. The molecule has 0 saturated carbocycles. The number of hydrogen-bond acceptors (Lipinski definition) is 4. The van der Waals surface area contributed by atoms with Crippen LogP contribution in [0.1, 0.15) is 36.0 Å². The zero-order chi connectivity index (χ0) is 14.4. The summed E-state index contributed by atoms with van der Waals surface area (Å²) in [6.45, 7) is 7.15. The second-order valence-corrected chi connectivity index (χ2v) is 5.90. The molecule has 1 heterocycles.